The smallest absolute Gasteiger partial charge is 0.248 e. The Morgan fingerprint density at radius 1 is 1.14 bits per heavy atom. The van der Waals surface area contributed by atoms with Crippen molar-refractivity contribution in [1.82, 2.24) is 0 Å². The van der Waals surface area contributed by atoms with E-state index in [2.05, 4.69) is 12.2 Å². The number of hydrogen-bond donors (Lipinski definition) is 1. The molecule has 0 fully saturated rings. The van der Waals surface area contributed by atoms with Crippen molar-refractivity contribution in [2.24, 2.45) is 0 Å². The van der Waals surface area contributed by atoms with Gasteiger partial charge in [-0.05, 0) is 54.5 Å². The first-order valence-electron chi connectivity index (χ1n) is 7.15. The SMILES string of the molecule is CCCOc1ccc(C=CC(=O)Nc2ccc(F)cc2)cc1. The highest BCUT2D eigenvalue weighted by Crippen LogP contribution is 2.14. The van der Waals surface area contributed by atoms with Gasteiger partial charge in [-0.1, -0.05) is 19.1 Å². The molecular weight excluding hydrogens is 281 g/mol. The molecule has 1 amide bonds. The molecular formula is C18H18FNO2. The Labute approximate surface area is 129 Å². The van der Waals surface area contributed by atoms with Crippen molar-refractivity contribution in [2.75, 3.05) is 11.9 Å². The Morgan fingerprint density at radius 2 is 1.82 bits per heavy atom. The fourth-order valence-electron chi connectivity index (χ4n) is 1.78. The van der Waals surface area contributed by atoms with Crippen molar-refractivity contribution in [1.29, 1.82) is 0 Å². The minimum absolute atomic E-state index is 0.266. The van der Waals surface area contributed by atoms with Crippen LogP contribution >= 0.6 is 0 Å². The van der Waals surface area contributed by atoms with Gasteiger partial charge in [0.05, 0.1) is 6.61 Å². The fraction of sp³-hybridized carbons (Fsp3) is 0.167. The minimum Gasteiger partial charge on any atom is -0.494 e. The Balaban J connectivity index is 1.90. The lowest BCUT2D eigenvalue weighted by Crippen LogP contribution is -2.07. The Hall–Kier alpha value is -2.62. The molecule has 2 rings (SSSR count). The maximum Gasteiger partial charge on any atom is 0.248 e. The fourth-order valence-corrected chi connectivity index (χ4v) is 1.78. The molecule has 0 aliphatic rings. The summed E-state index contributed by atoms with van der Waals surface area (Å²) in [4.78, 5) is 11.8. The van der Waals surface area contributed by atoms with Crippen LogP contribution in [0.25, 0.3) is 6.08 Å². The molecule has 0 spiro atoms. The van der Waals surface area contributed by atoms with E-state index in [1.807, 2.05) is 24.3 Å². The van der Waals surface area contributed by atoms with Crippen LogP contribution in [0.3, 0.4) is 0 Å². The zero-order valence-electron chi connectivity index (χ0n) is 12.4. The van der Waals surface area contributed by atoms with Crippen LogP contribution < -0.4 is 10.1 Å². The number of rotatable bonds is 6. The number of hydrogen-bond acceptors (Lipinski definition) is 2. The number of anilines is 1. The quantitative estimate of drug-likeness (QED) is 0.809. The van der Waals surface area contributed by atoms with E-state index < -0.39 is 0 Å². The summed E-state index contributed by atoms with van der Waals surface area (Å²) in [6.07, 6.45) is 4.11. The molecule has 2 aromatic rings. The summed E-state index contributed by atoms with van der Waals surface area (Å²) in [5, 5.41) is 2.66. The molecule has 0 heterocycles. The largest absolute Gasteiger partial charge is 0.494 e. The van der Waals surface area contributed by atoms with Crippen LogP contribution in [0.5, 0.6) is 5.75 Å². The van der Waals surface area contributed by atoms with Crippen molar-refractivity contribution in [3.8, 4) is 5.75 Å². The van der Waals surface area contributed by atoms with Gasteiger partial charge in [-0.3, -0.25) is 4.79 Å². The van der Waals surface area contributed by atoms with Crippen molar-refractivity contribution < 1.29 is 13.9 Å². The van der Waals surface area contributed by atoms with E-state index in [0.717, 1.165) is 17.7 Å². The van der Waals surface area contributed by atoms with Crippen molar-refractivity contribution in [3.05, 3.63) is 66.0 Å². The summed E-state index contributed by atoms with van der Waals surface area (Å²) in [7, 11) is 0. The first-order valence-corrected chi connectivity index (χ1v) is 7.15. The molecule has 114 valence electrons. The average molecular weight is 299 g/mol. The van der Waals surface area contributed by atoms with Gasteiger partial charge in [-0.15, -0.1) is 0 Å². The molecule has 0 bridgehead atoms. The van der Waals surface area contributed by atoms with Gasteiger partial charge in [0, 0.05) is 11.8 Å². The van der Waals surface area contributed by atoms with Crippen LogP contribution in [-0.4, -0.2) is 12.5 Å². The molecule has 1 N–H and O–H groups in total. The van der Waals surface area contributed by atoms with Gasteiger partial charge < -0.3 is 10.1 Å². The summed E-state index contributed by atoms with van der Waals surface area (Å²) in [5.41, 5.74) is 1.46. The minimum atomic E-state index is -0.334. The van der Waals surface area contributed by atoms with Crippen molar-refractivity contribution in [2.45, 2.75) is 13.3 Å². The van der Waals surface area contributed by atoms with Gasteiger partial charge in [-0.25, -0.2) is 4.39 Å². The standard InChI is InChI=1S/C18H18FNO2/c1-2-13-22-17-10-3-14(4-11-17)5-12-18(21)20-16-8-6-15(19)7-9-16/h3-12H,2,13H2,1H3,(H,20,21). The lowest BCUT2D eigenvalue weighted by atomic mass is 10.2. The van der Waals surface area contributed by atoms with E-state index in [-0.39, 0.29) is 11.7 Å². The second-order valence-corrected chi connectivity index (χ2v) is 4.75. The first-order chi connectivity index (χ1) is 10.7. The van der Waals surface area contributed by atoms with Crippen molar-refractivity contribution >= 4 is 17.7 Å². The molecule has 0 aliphatic carbocycles. The van der Waals surface area contributed by atoms with Gasteiger partial charge >= 0.3 is 0 Å². The normalized spacial score (nSPS) is 10.6. The molecule has 4 heteroatoms. The van der Waals surface area contributed by atoms with Gasteiger partial charge in [0.2, 0.25) is 5.91 Å². The number of amides is 1. The second kappa shape index (κ2) is 7.98. The lowest BCUT2D eigenvalue weighted by molar-refractivity contribution is -0.111. The zero-order valence-corrected chi connectivity index (χ0v) is 12.4. The number of halogens is 1. The molecule has 0 saturated heterocycles. The average Bonchev–Trinajstić information content (AvgIpc) is 2.54. The van der Waals surface area contributed by atoms with Crippen LogP contribution in [0.1, 0.15) is 18.9 Å². The van der Waals surface area contributed by atoms with Crippen LogP contribution in [0.2, 0.25) is 0 Å². The summed E-state index contributed by atoms with van der Waals surface area (Å²) < 4.78 is 18.3. The number of benzene rings is 2. The van der Waals surface area contributed by atoms with Gasteiger partial charge in [-0.2, -0.15) is 0 Å². The molecule has 0 aromatic heterocycles. The Kier molecular flexibility index (Phi) is 5.72. The highest BCUT2D eigenvalue weighted by Gasteiger charge is 1.98. The Bertz CT molecular complexity index is 633. The van der Waals surface area contributed by atoms with Crippen LogP contribution in [0.15, 0.2) is 54.6 Å². The summed E-state index contributed by atoms with van der Waals surface area (Å²) in [6.45, 7) is 2.74. The van der Waals surface area contributed by atoms with E-state index >= 15 is 0 Å². The highest BCUT2D eigenvalue weighted by atomic mass is 19.1. The van der Waals surface area contributed by atoms with Crippen LogP contribution in [0.4, 0.5) is 10.1 Å². The van der Waals surface area contributed by atoms with Crippen LogP contribution in [-0.2, 0) is 4.79 Å². The number of carbonyl (C=O) groups excluding carboxylic acids is 1. The maximum atomic E-state index is 12.8. The van der Waals surface area contributed by atoms with Crippen molar-refractivity contribution in [3.63, 3.8) is 0 Å². The third kappa shape index (κ3) is 5.05. The number of ether oxygens (including phenoxy) is 1. The molecule has 0 radical (unpaired) electrons. The topological polar surface area (TPSA) is 38.3 Å². The molecule has 0 aliphatic heterocycles. The van der Waals surface area contributed by atoms with Gasteiger partial charge in [0.25, 0.3) is 0 Å². The third-order valence-corrected chi connectivity index (χ3v) is 2.89. The molecule has 3 nitrogen and oxygen atoms in total. The predicted octanol–water partition coefficient (Wildman–Crippen LogP) is 4.27. The highest BCUT2D eigenvalue weighted by molar-refractivity contribution is 6.01. The molecule has 2 aromatic carbocycles. The summed E-state index contributed by atoms with van der Waals surface area (Å²) in [5.74, 6) is 0.214. The van der Waals surface area contributed by atoms with Gasteiger partial charge in [0.15, 0.2) is 0 Å². The Morgan fingerprint density at radius 3 is 2.45 bits per heavy atom. The monoisotopic (exact) mass is 299 g/mol. The number of carbonyl (C=O) groups is 1. The van der Waals surface area contributed by atoms with E-state index in [0.29, 0.717) is 12.3 Å². The molecule has 0 unspecified atom stereocenters. The first kappa shape index (κ1) is 15.8. The molecule has 22 heavy (non-hydrogen) atoms. The van der Waals surface area contributed by atoms with E-state index in [1.165, 1.54) is 30.3 Å². The predicted molar refractivity (Wildman–Crippen MR) is 86.3 cm³/mol. The summed E-state index contributed by atoms with van der Waals surface area (Å²) >= 11 is 0. The lowest BCUT2D eigenvalue weighted by Gasteiger charge is -2.04. The summed E-state index contributed by atoms with van der Waals surface area (Å²) in [6, 6.07) is 13.1. The molecule has 0 saturated carbocycles. The van der Waals surface area contributed by atoms with Crippen LogP contribution in [0, 0.1) is 5.82 Å². The molecule has 0 atom stereocenters. The number of nitrogens with one attached hydrogen (secondary N) is 1. The maximum absolute atomic E-state index is 12.8. The third-order valence-electron chi connectivity index (χ3n) is 2.89. The van der Waals surface area contributed by atoms with E-state index in [1.54, 1.807) is 6.08 Å². The zero-order chi connectivity index (χ0) is 15.8. The van der Waals surface area contributed by atoms with Gasteiger partial charge in [0.1, 0.15) is 11.6 Å². The van der Waals surface area contributed by atoms with E-state index in [9.17, 15) is 9.18 Å². The van der Waals surface area contributed by atoms with E-state index in [4.69, 9.17) is 4.74 Å². The second-order valence-electron chi connectivity index (χ2n) is 4.75.